The van der Waals surface area contributed by atoms with E-state index in [0.29, 0.717) is 5.75 Å². The molecular weight excluding hydrogens is 203 g/mol. The second kappa shape index (κ2) is 3.83. The van der Waals surface area contributed by atoms with E-state index in [1.807, 2.05) is 0 Å². The first kappa shape index (κ1) is 9.42. The Morgan fingerprint density at radius 3 is 2.67 bits per heavy atom. The van der Waals surface area contributed by atoms with Crippen LogP contribution in [-0.2, 0) is 0 Å². The molecule has 0 aliphatic carbocycles. The summed E-state index contributed by atoms with van der Waals surface area (Å²) in [5, 5.41) is 0. The minimum absolute atomic E-state index is 0.183. The number of halogens is 2. The molecule has 1 heterocycles. The molecule has 66 valence electrons. The summed E-state index contributed by atoms with van der Waals surface area (Å²) in [5.74, 6) is 0.565. The molecule has 0 amide bonds. The van der Waals surface area contributed by atoms with Gasteiger partial charge < -0.3 is 9.15 Å². The lowest BCUT2D eigenvalue weighted by atomic mass is 10.4. The van der Waals surface area contributed by atoms with E-state index in [0.717, 1.165) is 0 Å². The predicted molar refractivity (Wildman–Crippen MR) is 46.0 cm³/mol. The van der Waals surface area contributed by atoms with Crippen molar-refractivity contribution in [1.82, 2.24) is 0 Å². The number of rotatable bonds is 2. The highest BCUT2D eigenvalue weighted by Crippen LogP contribution is 2.25. The Hall–Kier alpha value is -0.670. The largest absolute Gasteiger partial charge is 0.496 e. The maximum atomic E-state index is 10.8. The van der Waals surface area contributed by atoms with Gasteiger partial charge in [0.05, 0.1) is 13.2 Å². The number of methoxy groups -OCH3 is 1. The van der Waals surface area contributed by atoms with E-state index in [1.165, 1.54) is 19.2 Å². The van der Waals surface area contributed by atoms with Gasteiger partial charge >= 0.3 is 5.63 Å². The van der Waals surface area contributed by atoms with Gasteiger partial charge in [0.15, 0.2) is 4.84 Å². The van der Waals surface area contributed by atoms with Crippen LogP contribution in [-0.4, -0.2) is 7.11 Å². The molecule has 1 aromatic rings. The SMILES string of the molecule is COc1cc(C(Cl)Cl)oc(=O)c1. The van der Waals surface area contributed by atoms with E-state index in [1.54, 1.807) is 0 Å². The molecule has 0 unspecified atom stereocenters. The van der Waals surface area contributed by atoms with Crippen molar-refractivity contribution < 1.29 is 9.15 Å². The van der Waals surface area contributed by atoms with Gasteiger partial charge in [0.25, 0.3) is 0 Å². The molecule has 0 aliphatic heterocycles. The van der Waals surface area contributed by atoms with E-state index < -0.39 is 10.5 Å². The molecule has 5 heteroatoms. The third-order valence-corrected chi connectivity index (χ3v) is 1.64. The van der Waals surface area contributed by atoms with Crippen molar-refractivity contribution in [2.75, 3.05) is 7.11 Å². The van der Waals surface area contributed by atoms with Crippen molar-refractivity contribution in [3.8, 4) is 5.75 Å². The molecular formula is C7H6Cl2O3. The number of hydrogen-bond donors (Lipinski definition) is 0. The molecule has 0 N–H and O–H groups in total. The smallest absolute Gasteiger partial charge is 0.339 e. The summed E-state index contributed by atoms with van der Waals surface area (Å²) in [5.41, 5.74) is -0.532. The summed E-state index contributed by atoms with van der Waals surface area (Å²) < 4.78 is 9.49. The summed E-state index contributed by atoms with van der Waals surface area (Å²) in [7, 11) is 1.44. The Kier molecular flexibility index (Phi) is 3.00. The lowest BCUT2D eigenvalue weighted by Gasteiger charge is -2.01. The van der Waals surface area contributed by atoms with Crippen molar-refractivity contribution in [2.45, 2.75) is 4.84 Å². The number of alkyl halides is 2. The summed E-state index contributed by atoms with van der Waals surface area (Å²) in [6.45, 7) is 0. The Balaban J connectivity index is 3.15. The minimum atomic E-state index is -0.854. The van der Waals surface area contributed by atoms with Crippen LogP contribution in [0.1, 0.15) is 10.6 Å². The molecule has 1 rings (SSSR count). The van der Waals surface area contributed by atoms with E-state index in [-0.39, 0.29) is 5.76 Å². The quantitative estimate of drug-likeness (QED) is 0.700. The van der Waals surface area contributed by atoms with Crippen LogP contribution in [0, 0.1) is 0 Å². The summed E-state index contributed by atoms with van der Waals surface area (Å²) in [6, 6.07) is 2.67. The van der Waals surface area contributed by atoms with Crippen LogP contribution in [0.2, 0.25) is 0 Å². The molecule has 0 atom stereocenters. The second-order valence-electron chi connectivity index (χ2n) is 2.02. The van der Waals surface area contributed by atoms with Crippen LogP contribution in [0.15, 0.2) is 21.3 Å². The normalized spacial score (nSPS) is 10.3. The van der Waals surface area contributed by atoms with Gasteiger partial charge in [-0.25, -0.2) is 4.79 Å². The molecule has 3 nitrogen and oxygen atoms in total. The van der Waals surface area contributed by atoms with Crippen LogP contribution < -0.4 is 10.4 Å². The Morgan fingerprint density at radius 2 is 2.17 bits per heavy atom. The highest BCUT2D eigenvalue weighted by atomic mass is 35.5. The van der Waals surface area contributed by atoms with Crippen LogP contribution in [0.3, 0.4) is 0 Å². The van der Waals surface area contributed by atoms with E-state index in [9.17, 15) is 4.79 Å². The van der Waals surface area contributed by atoms with Crippen LogP contribution in [0.5, 0.6) is 5.75 Å². The molecule has 0 radical (unpaired) electrons. The third kappa shape index (κ3) is 2.16. The first-order chi connectivity index (χ1) is 5.63. The number of ether oxygens (including phenoxy) is 1. The standard InChI is InChI=1S/C7H6Cl2O3/c1-11-4-2-5(7(8)9)12-6(10)3-4/h2-3,7H,1H3. The van der Waals surface area contributed by atoms with Crippen LogP contribution >= 0.6 is 23.2 Å². The fourth-order valence-corrected chi connectivity index (χ4v) is 0.914. The Labute approximate surface area is 78.8 Å². The van der Waals surface area contributed by atoms with Gasteiger partial charge in [0.2, 0.25) is 0 Å². The summed E-state index contributed by atoms with van der Waals surface area (Å²) in [4.78, 5) is 9.96. The first-order valence-electron chi connectivity index (χ1n) is 3.10. The average molecular weight is 209 g/mol. The lowest BCUT2D eigenvalue weighted by molar-refractivity contribution is 0.395. The van der Waals surface area contributed by atoms with E-state index in [4.69, 9.17) is 27.9 Å². The second-order valence-corrected chi connectivity index (χ2v) is 3.12. The molecule has 0 spiro atoms. The van der Waals surface area contributed by atoms with Crippen LogP contribution in [0.25, 0.3) is 0 Å². The maximum absolute atomic E-state index is 10.8. The zero-order chi connectivity index (χ0) is 9.14. The van der Waals surface area contributed by atoms with Gasteiger partial charge in [-0.1, -0.05) is 23.2 Å². The maximum Gasteiger partial charge on any atom is 0.339 e. The number of hydrogen-bond acceptors (Lipinski definition) is 3. The predicted octanol–water partition coefficient (Wildman–Crippen LogP) is 2.12. The third-order valence-electron chi connectivity index (χ3n) is 1.21. The van der Waals surface area contributed by atoms with E-state index in [2.05, 4.69) is 4.42 Å². The zero-order valence-electron chi connectivity index (χ0n) is 6.21. The van der Waals surface area contributed by atoms with Crippen molar-refractivity contribution in [2.24, 2.45) is 0 Å². The topological polar surface area (TPSA) is 39.4 Å². The summed E-state index contributed by atoms with van der Waals surface area (Å²) in [6.07, 6.45) is 0. The van der Waals surface area contributed by atoms with Crippen molar-refractivity contribution >= 4 is 23.2 Å². The minimum Gasteiger partial charge on any atom is -0.496 e. The highest BCUT2D eigenvalue weighted by Gasteiger charge is 2.08. The Bertz CT molecular complexity index is 319. The van der Waals surface area contributed by atoms with Gasteiger partial charge in [0.1, 0.15) is 11.5 Å². The summed E-state index contributed by atoms with van der Waals surface area (Å²) >= 11 is 11.0. The molecule has 0 aromatic carbocycles. The van der Waals surface area contributed by atoms with Crippen molar-refractivity contribution in [3.05, 3.63) is 28.3 Å². The van der Waals surface area contributed by atoms with Gasteiger partial charge in [-0.3, -0.25) is 0 Å². The van der Waals surface area contributed by atoms with Crippen molar-refractivity contribution in [1.29, 1.82) is 0 Å². The van der Waals surface area contributed by atoms with Gasteiger partial charge in [-0.05, 0) is 0 Å². The fourth-order valence-electron chi connectivity index (χ4n) is 0.698. The van der Waals surface area contributed by atoms with Gasteiger partial charge in [-0.2, -0.15) is 0 Å². The van der Waals surface area contributed by atoms with E-state index >= 15 is 0 Å². The molecule has 12 heavy (non-hydrogen) atoms. The van der Waals surface area contributed by atoms with Gasteiger partial charge in [-0.15, -0.1) is 0 Å². The molecule has 0 saturated carbocycles. The lowest BCUT2D eigenvalue weighted by Crippen LogP contribution is -2.00. The molecule has 0 fully saturated rings. The van der Waals surface area contributed by atoms with Crippen LogP contribution in [0.4, 0.5) is 0 Å². The molecule has 0 aliphatic rings. The molecule has 1 aromatic heterocycles. The highest BCUT2D eigenvalue weighted by molar-refractivity contribution is 6.43. The van der Waals surface area contributed by atoms with Crippen molar-refractivity contribution in [3.63, 3.8) is 0 Å². The Morgan fingerprint density at radius 1 is 1.50 bits per heavy atom. The average Bonchev–Trinajstić information content (AvgIpc) is 2.03. The monoisotopic (exact) mass is 208 g/mol. The zero-order valence-corrected chi connectivity index (χ0v) is 7.72. The molecule has 0 saturated heterocycles. The van der Waals surface area contributed by atoms with Gasteiger partial charge in [0, 0.05) is 6.07 Å². The fraction of sp³-hybridized carbons (Fsp3) is 0.286. The first-order valence-corrected chi connectivity index (χ1v) is 3.98. The molecule has 0 bridgehead atoms.